The summed E-state index contributed by atoms with van der Waals surface area (Å²) in [7, 11) is 0. The molecule has 0 aromatic heterocycles. The third-order valence-electron chi connectivity index (χ3n) is 2.59. The molecule has 0 saturated heterocycles. The Hall–Kier alpha value is -0.570. The summed E-state index contributed by atoms with van der Waals surface area (Å²) in [5, 5.41) is 8.76. The minimum Gasteiger partial charge on any atom is -0.481 e. The van der Waals surface area contributed by atoms with E-state index in [0.717, 1.165) is 38.9 Å². The molecule has 0 unspecified atom stereocenters. The van der Waals surface area contributed by atoms with Gasteiger partial charge in [-0.3, -0.25) is 4.79 Å². The molecule has 0 bridgehead atoms. The van der Waals surface area contributed by atoms with Crippen molar-refractivity contribution < 1.29 is 14.6 Å². The molecule has 0 radical (unpaired) electrons. The number of carboxylic acids is 1. The summed E-state index contributed by atoms with van der Waals surface area (Å²) < 4.78 is 5.40. The van der Waals surface area contributed by atoms with Crippen molar-refractivity contribution in [1.29, 1.82) is 0 Å². The maximum Gasteiger partial charge on any atom is 0.306 e. The average molecular weight is 186 g/mol. The van der Waals surface area contributed by atoms with Crippen LogP contribution < -0.4 is 0 Å². The zero-order valence-corrected chi connectivity index (χ0v) is 8.16. The molecule has 13 heavy (non-hydrogen) atoms. The van der Waals surface area contributed by atoms with Crippen LogP contribution >= 0.6 is 0 Å². The third-order valence-corrected chi connectivity index (χ3v) is 2.59. The number of carboxylic acid groups (broad SMARTS) is 1. The van der Waals surface area contributed by atoms with Gasteiger partial charge in [0, 0.05) is 13.2 Å². The summed E-state index contributed by atoms with van der Waals surface area (Å²) in [5.74, 6) is -0.277. The van der Waals surface area contributed by atoms with Gasteiger partial charge in [-0.25, -0.2) is 0 Å². The van der Waals surface area contributed by atoms with Gasteiger partial charge in [0.05, 0.1) is 5.92 Å². The molecule has 0 aromatic rings. The Labute approximate surface area is 79.1 Å². The Morgan fingerprint density at radius 3 is 2.85 bits per heavy atom. The number of hydrogen-bond acceptors (Lipinski definition) is 2. The lowest BCUT2D eigenvalue weighted by atomic mass is 10.1. The van der Waals surface area contributed by atoms with Gasteiger partial charge in [-0.15, -0.1) is 0 Å². The highest BCUT2D eigenvalue weighted by molar-refractivity contribution is 5.70. The molecule has 0 aromatic carbocycles. The molecule has 3 nitrogen and oxygen atoms in total. The molecule has 2 atom stereocenters. The van der Waals surface area contributed by atoms with Gasteiger partial charge in [0.1, 0.15) is 0 Å². The first-order chi connectivity index (χ1) is 6.24. The molecule has 1 aliphatic rings. The summed E-state index contributed by atoms with van der Waals surface area (Å²) in [4.78, 5) is 10.6. The fourth-order valence-electron chi connectivity index (χ4n) is 1.84. The fraction of sp³-hybridized carbons (Fsp3) is 0.900. The van der Waals surface area contributed by atoms with Crippen molar-refractivity contribution in [3.05, 3.63) is 0 Å². The predicted octanol–water partition coefficient (Wildman–Crippen LogP) is 1.91. The molecule has 0 heterocycles. The van der Waals surface area contributed by atoms with E-state index in [1.54, 1.807) is 0 Å². The van der Waals surface area contributed by atoms with Crippen molar-refractivity contribution in [1.82, 2.24) is 0 Å². The van der Waals surface area contributed by atoms with Crippen LogP contribution in [0.15, 0.2) is 0 Å². The topological polar surface area (TPSA) is 46.5 Å². The molecule has 0 spiro atoms. The largest absolute Gasteiger partial charge is 0.481 e. The lowest BCUT2D eigenvalue weighted by Crippen LogP contribution is -2.11. The van der Waals surface area contributed by atoms with Crippen LogP contribution in [0.2, 0.25) is 0 Å². The van der Waals surface area contributed by atoms with Crippen LogP contribution in [0, 0.1) is 11.8 Å². The van der Waals surface area contributed by atoms with Crippen LogP contribution in [-0.2, 0) is 9.53 Å². The van der Waals surface area contributed by atoms with E-state index in [0.29, 0.717) is 5.92 Å². The highest BCUT2D eigenvalue weighted by Gasteiger charge is 2.29. The average Bonchev–Trinajstić information content (AvgIpc) is 2.53. The Kier molecular flexibility index (Phi) is 4.22. The van der Waals surface area contributed by atoms with Crippen LogP contribution in [0.5, 0.6) is 0 Å². The van der Waals surface area contributed by atoms with Gasteiger partial charge in [-0.1, -0.05) is 6.92 Å². The highest BCUT2D eigenvalue weighted by Crippen LogP contribution is 2.30. The van der Waals surface area contributed by atoms with Crippen LogP contribution in [-0.4, -0.2) is 24.3 Å². The molecule has 0 amide bonds. The maximum atomic E-state index is 10.6. The molecule has 1 rings (SSSR count). The zero-order chi connectivity index (χ0) is 9.68. The molecular weight excluding hydrogens is 168 g/mol. The summed E-state index contributed by atoms with van der Waals surface area (Å²) >= 11 is 0. The summed E-state index contributed by atoms with van der Waals surface area (Å²) in [6, 6.07) is 0. The second-order valence-corrected chi connectivity index (χ2v) is 3.79. The van der Waals surface area contributed by atoms with Crippen molar-refractivity contribution in [2.24, 2.45) is 11.8 Å². The van der Waals surface area contributed by atoms with Gasteiger partial charge in [0.2, 0.25) is 0 Å². The van der Waals surface area contributed by atoms with Crippen molar-refractivity contribution in [3.8, 4) is 0 Å². The van der Waals surface area contributed by atoms with Gasteiger partial charge in [0.15, 0.2) is 0 Å². The van der Waals surface area contributed by atoms with E-state index >= 15 is 0 Å². The van der Waals surface area contributed by atoms with Crippen LogP contribution in [0.25, 0.3) is 0 Å². The van der Waals surface area contributed by atoms with E-state index in [9.17, 15) is 4.79 Å². The molecule has 3 heteroatoms. The minimum absolute atomic E-state index is 0.116. The van der Waals surface area contributed by atoms with Crippen LogP contribution in [0.1, 0.15) is 32.6 Å². The van der Waals surface area contributed by atoms with E-state index < -0.39 is 5.97 Å². The quantitative estimate of drug-likeness (QED) is 0.667. The Morgan fingerprint density at radius 2 is 2.31 bits per heavy atom. The summed E-state index contributed by atoms with van der Waals surface area (Å²) in [6.45, 7) is 3.63. The standard InChI is InChI=1S/C10H18O3/c1-2-5-13-7-8-3-4-9(6-8)10(11)12/h8-9H,2-7H2,1H3,(H,11,12)/t8-,9+/m0/s1. The number of ether oxygens (including phenoxy) is 1. The third kappa shape index (κ3) is 3.35. The fourth-order valence-corrected chi connectivity index (χ4v) is 1.84. The maximum absolute atomic E-state index is 10.6. The molecule has 1 fully saturated rings. The Balaban J connectivity index is 2.14. The SMILES string of the molecule is CCCOC[C@H]1CC[C@@H](C(=O)O)C1. The molecular formula is C10H18O3. The second-order valence-electron chi connectivity index (χ2n) is 3.79. The smallest absolute Gasteiger partial charge is 0.306 e. The Bertz CT molecular complexity index is 168. The number of carbonyl (C=O) groups is 1. The number of aliphatic carboxylic acids is 1. The summed E-state index contributed by atoms with van der Waals surface area (Å²) in [6.07, 6.45) is 3.68. The van der Waals surface area contributed by atoms with Crippen molar-refractivity contribution in [3.63, 3.8) is 0 Å². The van der Waals surface area contributed by atoms with Crippen molar-refractivity contribution in [2.45, 2.75) is 32.6 Å². The minimum atomic E-state index is -0.641. The molecule has 76 valence electrons. The van der Waals surface area contributed by atoms with Gasteiger partial charge in [-0.2, -0.15) is 0 Å². The summed E-state index contributed by atoms with van der Waals surface area (Å²) in [5.41, 5.74) is 0. The van der Waals surface area contributed by atoms with E-state index in [1.165, 1.54) is 0 Å². The van der Waals surface area contributed by atoms with E-state index in [2.05, 4.69) is 6.92 Å². The molecule has 1 aliphatic carbocycles. The Morgan fingerprint density at radius 1 is 1.54 bits per heavy atom. The predicted molar refractivity (Wildman–Crippen MR) is 49.6 cm³/mol. The van der Waals surface area contributed by atoms with Crippen LogP contribution in [0.4, 0.5) is 0 Å². The van der Waals surface area contributed by atoms with E-state index in [-0.39, 0.29) is 5.92 Å². The van der Waals surface area contributed by atoms with Gasteiger partial charge in [0.25, 0.3) is 0 Å². The lowest BCUT2D eigenvalue weighted by Gasteiger charge is -2.09. The van der Waals surface area contributed by atoms with Crippen LogP contribution in [0.3, 0.4) is 0 Å². The first-order valence-corrected chi connectivity index (χ1v) is 5.04. The monoisotopic (exact) mass is 186 g/mol. The van der Waals surface area contributed by atoms with Gasteiger partial charge >= 0.3 is 5.97 Å². The normalized spacial score (nSPS) is 27.8. The van der Waals surface area contributed by atoms with Gasteiger partial charge in [-0.05, 0) is 31.6 Å². The first kappa shape index (κ1) is 10.5. The first-order valence-electron chi connectivity index (χ1n) is 5.04. The number of rotatable bonds is 5. The van der Waals surface area contributed by atoms with Crippen molar-refractivity contribution >= 4 is 5.97 Å². The van der Waals surface area contributed by atoms with Gasteiger partial charge < -0.3 is 9.84 Å². The molecule has 0 aliphatic heterocycles. The number of hydrogen-bond donors (Lipinski definition) is 1. The molecule has 1 N–H and O–H groups in total. The highest BCUT2D eigenvalue weighted by atomic mass is 16.5. The van der Waals surface area contributed by atoms with E-state index in [4.69, 9.17) is 9.84 Å². The second kappa shape index (κ2) is 5.22. The van der Waals surface area contributed by atoms with E-state index in [1.807, 2.05) is 0 Å². The lowest BCUT2D eigenvalue weighted by molar-refractivity contribution is -0.141. The molecule has 1 saturated carbocycles. The zero-order valence-electron chi connectivity index (χ0n) is 8.16. The van der Waals surface area contributed by atoms with Crippen molar-refractivity contribution in [2.75, 3.05) is 13.2 Å².